The number of likely N-dealkylation sites (N-methyl/N-ethyl adjacent to an activating group) is 1. The van der Waals surface area contributed by atoms with Crippen LogP contribution in [0.5, 0.6) is 0 Å². The fraction of sp³-hybridized carbons (Fsp3) is 0.706. The zero-order valence-electron chi connectivity index (χ0n) is 13.4. The molecule has 21 heavy (non-hydrogen) atoms. The molecule has 1 aromatic heterocycles. The molecule has 116 valence electrons. The lowest BCUT2D eigenvalue weighted by atomic mass is 10.2. The first-order chi connectivity index (χ1) is 10.3. The van der Waals surface area contributed by atoms with Crippen molar-refractivity contribution in [1.82, 2.24) is 15.2 Å². The van der Waals surface area contributed by atoms with Gasteiger partial charge in [0.15, 0.2) is 0 Å². The summed E-state index contributed by atoms with van der Waals surface area (Å²) < 4.78 is 0. The predicted octanol–water partition coefficient (Wildman–Crippen LogP) is 2.25. The average Bonchev–Trinajstić information content (AvgIpc) is 3.32. The van der Waals surface area contributed by atoms with Gasteiger partial charge in [-0.3, -0.25) is 0 Å². The largest absolute Gasteiger partial charge is 0.352 e. The van der Waals surface area contributed by atoms with Gasteiger partial charge in [0.2, 0.25) is 0 Å². The third kappa shape index (κ3) is 3.95. The van der Waals surface area contributed by atoms with E-state index in [2.05, 4.69) is 47.3 Å². The first-order valence-electron chi connectivity index (χ1n) is 8.40. The van der Waals surface area contributed by atoms with Crippen molar-refractivity contribution in [2.24, 2.45) is 0 Å². The normalized spacial score (nSPS) is 24.1. The van der Waals surface area contributed by atoms with Crippen molar-refractivity contribution >= 4 is 5.82 Å². The van der Waals surface area contributed by atoms with Crippen molar-refractivity contribution in [3.8, 4) is 0 Å². The number of aromatic nitrogens is 1. The molecule has 4 nitrogen and oxygen atoms in total. The number of hydrogen-bond donors (Lipinski definition) is 1. The molecule has 0 amide bonds. The standard InChI is InChI=1S/C17H28N4/c1-3-16-13-20(2)10-5-11-21(16)17-7-4-6-15(19-17)12-18-14-8-9-14/h4,6-7,14,16,18H,3,5,8-13H2,1-2H3. The molecule has 0 spiro atoms. The van der Waals surface area contributed by atoms with E-state index in [1.807, 2.05) is 0 Å². The highest BCUT2D eigenvalue weighted by atomic mass is 15.3. The van der Waals surface area contributed by atoms with Crippen molar-refractivity contribution in [2.45, 2.75) is 51.2 Å². The molecule has 0 bridgehead atoms. The van der Waals surface area contributed by atoms with Crippen LogP contribution >= 0.6 is 0 Å². The molecule has 2 heterocycles. The van der Waals surface area contributed by atoms with Crippen LogP contribution in [0.4, 0.5) is 5.82 Å². The molecule has 1 unspecified atom stereocenters. The van der Waals surface area contributed by atoms with Crippen molar-refractivity contribution in [2.75, 3.05) is 31.6 Å². The second-order valence-corrected chi connectivity index (χ2v) is 6.51. The maximum Gasteiger partial charge on any atom is 0.129 e. The van der Waals surface area contributed by atoms with E-state index in [1.54, 1.807) is 0 Å². The van der Waals surface area contributed by atoms with Gasteiger partial charge >= 0.3 is 0 Å². The lowest BCUT2D eigenvalue weighted by Crippen LogP contribution is -2.40. The van der Waals surface area contributed by atoms with Crippen LogP contribution in [0.3, 0.4) is 0 Å². The van der Waals surface area contributed by atoms with Gasteiger partial charge in [0.25, 0.3) is 0 Å². The highest BCUT2D eigenvalue weighted by Gasteiger charge is 2.23. The first-order valence-corrected chi connectivity index (χ1v) is 8.40. The van der Waals surface area contributed by atoms with E-state index in [-0.39, 0.29) is 0 Å². The molecule has 3 rings (SSSR count). The highest BCUT2D eigenvalue weighted by Crippen LogP contribution is 2.22. The number of hydrogen-bond acceptors (Lipinski definition) is 4. The molecule has 1 saturated carbocycles. The minimum atomic E-state index is 0.580. The van der Waals surface area contributed by atoms with E-state index in [0.717, 1.165) is 31.5 Å². The molecule has 0 aromatic carbocycles. The van der Waals surface area contributed by atoms with Gasteiger partial charge < -0.3 is 15.1 Å². The predicted molar refractivity (Wildman–Crippen MR) is 87.6 cm³/mol. The van der Waals surface area contributed by atoms with Crippen LogP contribution in [0.15, 0.2) is 18.2 Å². The van der Waals surface area contributed by atoms with Gasteiger partial charge in [-0.15, -0.1) is 0 Å². The summed E-state index contributed by atoms with van der Waals surface area (Å²) in [6.45, 7) is 6.65. The number of nitrogens with one attached hydrogen (secondary N) is 1. The average molecular weight is 288 g/mol. The summed E-state index contributed by atoms with van der Waals surface area (Å²) in [6, 6.07) is 7.80. The van der Waals surface area contributed by atoms with Gasteiger partial charge in [0.1, 0.15) is 5.82 Å². The van der Waals surface area contributed by atoms with E-state index in [0.29, 0.717) is 6.04 Å². The summed E-state index contributed by atoms with van der Waals surface area (Å²) in [5.74, 6) is 1.16. The zero-order chi connectivity index (χ0) is 14.7. The van der Waals surface area contributed by atoms with Crippen molar-refractivity contribution < 1.29 is 0 Å². The van der Waals surface area contributed by atoms with Gasteiger partial charge in [-0.05, 0) is 51.4 Å². The third-order valence-electron chi connectivity index (χ3n) is 4.61. The summed E-state index contributed by atoms with van der Waals surface area (Å²) in [7, 11) is 2.23. The number of anilines is 1. The van der Waals surface area contributed by atoms with E-state index >= 15 is 0 Å². The summed E-state index contributed by atoms with van der Waals surface area (Å²) in [6.07, 6.45) is 5.06. The molecule has 1 aliphatic carbocycles. The Morgan fingerprint density at radius 2 is 2.14 bits per heavy atom. The van der Waals surface area contributed by atoms with Crippen molar-refractivity contribution in [3.63, 3.8) is 0 Å². The molecule has 4 heteroatoms. The van der Waals surface area contributed by atoms with Gasteiger partial charge in [-0.2, -0.15) is 0 Å². The smallest absolute Gasteiger partial charge is 0.129 e. The van der Waals surface area contributed by atoms with Crippen LogP contribution in [-0.4, -0.2) is 48.6 Å². The molecular formula is C17H28N4. The second kappa shape index (κ2) is 6.75. The van der Waals surface area contributed by atoms with Crippen LogP contribution in [0, 0.1) is 0 Å². The number of pyridine rings is 1. The van der Waals surface area contributed by atoms with E-state index in [4.69, 9.17) is 4.98 Å². The highest BCUT2D eigenvalue weighted by molar-refractivity contribution is 5.41. The summed E-state index contributed by atoms with van der Waals surface area (Å²) in [5, 5.41) is 3.56. The summed E-state index contributed by atoms with van der Waals surface area (Å²) in [5.41, 5.74) is 1.17. The molecule has 2 aliphatic rings. The Kier molecular flexibility index (Phi) is 4.76. The van der Waals surface area contributed by atoms with Crippen molar-refractivity contribution in [3.05, 3.63) is 23.9 Å². The van der Waals surface area contributed by atoms with Gasteiger partial charge in [-0.25, -0.2) is 4.98 Å². The molecular weight excluding hydrogens is 260 g/mol. The minimum absolute atomic E-state index is 0.580. The molecule has 1 aliphatic heterocycles. The SMILES string of the molecule is CCC1CN(C)CCCN1c1cccc(CNC2CC2)n1. The maximum absolute atomic E-state index is 4.91. The number of nitrogens with zero attached hydrogens (tertiary/aromatic N) is 3. The van der Waals surface area contributed by atoms with Gasteiger partial charge in [0, 0.05) is 31.7 Å². The van der Waals surface area contributed by atoms with Gasteiger partial charge in [0.05, 0.1) is 5.69 Å². The lowest BCUT2D eigenvalue weighted by Gasteiger charge is -2.31. The van der Waals surface area contributed by atoms with Crippen LogP contribution in [0.25, 0.3) is 0 Å². The Labute approximate surface area is 128 Å². The Morgan fingerprint density at radius 3 is 2.90 bits per heavy atom. The fourth-order valence-corrected chi connectivity index (χ4v) is 3.16. The molecule has 2 fully saturated rings. The van der Waals surface area contributed by atoms with Crippen LogP contribution in [0.1, 0.15) is 38.3 Å². The molecule has 0 radical (unpaired) electrons. The monoisotopic (exact) mass is 288 g/mol. The Morgan fingerprint density at radius 1 is 1.29 bits per heavy atom. The Bertz CT molecular complexity index is 458. The topological polar surface area (TPSA) is 31.4 Å². The lowest BCUT2D eigenvalue weighted by molar-refractivity contribution is 0.327. The number of rotatable bonds is 5. The molecule has 1 N–H and O–H groups in total. The first kappa shape index (κ1) is 14.8. The van der Waals surface area contributed by atoms with E-state index < -0.39 is 0 Å². The van der Waals surface area contributed by atoms with Crippen LogP contribution in [0.2, 0.25) is 0 Å². The molecule has 1 saturated heterocycles. The fourth-order valence-electron chi connectivity index (χ4n) is 3.16. The quantitative estimate of drug-likeness (QED) is 0.900. The Balaban J connectivity index is 1.71. The van der Waals surface area contributed by atoms with Crippen LogP contribution in [-0.2, 0) is 6.54 Å². The van der Waals surface area contributed by atoms with E-state index in [9.17, 15) is 0 Å². The second-order valence-electron chi connectivity index (χ2n) is 6.51. The molecule has 1 aromatic rings. The van der Waals surface area contributed by atoms with E-state index in [1.165, 1.54) is 37.9 Å². The minimum Gasteiger partial charge on any atom is -0.352 e. The van der Waals surface area contributed by atoms with Gasteiger partial charge in [-0.1, -0.05) is 13.0 Å². The zero-order valence-corrected chi connectivity index (χ0v) is 13.4. The third-order valence-corrected chi connectivity index (χ3v) is 4.61. The summed E-state index contributed by atoms with van der Waals surface area (Å²) >= 11 is 0. The summed E-state index contributed by atoms with van der Waals surface area (Å²) in [4.78, 5) is 9.88. The maximum atomic E-state index is 4.91. The van der Waals surface area contributed by atoms with Crippen molar-refractivity contribution in [1.29, 1.82) is 0 Å². The Hall–Kier alpha value is -1.13. The molecule has 1 atom stereocenters. The van der Waals surface area contributed by atoms with Crippen LogP contribution < -0.4 is 10.2 Å².